The summed E-state index contributed by atoms with van der Waals surface area (Å²) in [6.07, 6.45) is 6.14. The number of nitrogens with one attached hydrogen (secondary N) is 2. The number of hydrogen-bond acceptors (Lipinski definition) is 5. The predicted octanol–water partition coefficient (Wildman–Crippen LogP) is 1.66. The van der Waals surface area contributed by atoms with Gasteiger partial charge >= 0.3 is 0 Å². The molecule has 0 amide bonds. The zero-order valence-electron chi connectivity index (χ0n) is 11.3. The van der Waals surface area contributed by atoms with E-state index in [4.69, 9.17) is 0 Å². The Kier molecular flexibility index (Phi) is 4.75. The van der Waals surface area contributed by atoms with Crippen LogP contribution >= 0.6 is 0 Å². The minimum atomic E-state index is 0.716. The Morgan fingerprint density at radius 2 is 2.11 bits per heavy atom. The fourth-order valence-corrected chi connectivity index (χ4v) is 2.41. The zero-order valence-corrected chi connectivity index (χ0v) is 11.3. The Balaban J connectivity index is 1.83. The average Bonchev–Trinajstić information content (AvgIpc) is 2.37. The van der Waals surface area contributed by atoms with Crippen molar-refractivity contribution < 1.29 is 0 Å². The molecule has 5 nitrogen and oxygen atoms in total. The zero-order chi connectivity index (χ0) is 12.8. The maximum absolute atomic E-state index is 4.47. The van der Waals surface area contributed by atoms with E-state index in [1.807, 2.05) is 0 Å². The monoisotopic (exact) mass is 249 g/mol. The minimum absolute atomic E-state index is 0.716. The molecule has 1 aromatic rings. The number of aromatic nitrogens is 2. The van der Waals surface area contributed by atoms with Crippen molar-refractivity contribution in [2.75, 3.05) is 43.9 Å². The van der Waals surface area contributed by atoms with E-state index in [2.05, 4.69) is 39.5 Å². The molecule has 2 N–H and O–H groups in total. The van der Waals surface area contributed by atoms with Gasteiger partial charge in [0, 0.05) is 19.6 Å². The third-order valence-corrected chi connectivity index (χ3v) is 3.29. The normalized spacial score (nSPS) is 20.7. The van der Waals surface area contributed by atoms with Crippen molar-refractivity contribution in [2.24, 2.45) is 5.92 Å². The molecule has 0 saturated carbocycles. The first kappa shape index (κ1) is 13.1. The first-order chi connectivity index (χ1) is 8.78. The van der Waals surface area contributed by atoms with Gasteiger partial charge in [0.1, 0.15) is 11.6 Å². The number of rotatable bonds is 5. The number of nitrogens with zero attached hydrogens (tertiary/aromatic N) is 3. The summed E-state index contributed by atoms with van der Waals surface area (Å²) >= 11 is 0. The number of hydrogen-bond donors (Lipinski definition) is 2. The van der Waals surface area contributed by atoms with Crippen LogP contribution in [-0.2, 0) is 0 Å². The van der Waals surface area contributed by atoms with Gasteiger partial charge in [-0.25, -0.2) is 4.98 Å². The van der Waals surface area contributed by atoms with Crippen LogP contribution in [0.1, 0.15) is 19.8 Å². The van der Waals surface area contributed by atoms with Crippen molar-refractivity contribution >= 4 is 11.6 Å². The second-order valence-electron chi connectivity index (χ2n) is 4.97. The van der Waals surface area contributed by atoms with Gasteiger partial charge in [0.2, 0.25) is 0 Å². The summed E-state index contributed by atoms with van der Waals surface area (Å²) in [5.41, 5.74) is 0. The molecular formula is C13H23N5. The summed E-state index contributed by atoms with van der Waals surface area (Å²) in [6.45, 7) is 6.30. The first-order valence-electron chi connectivity index (χ1n) is 6.76. The number of anilines is 2. The highest BCUT2D eigenvalue weighted by Gasteiger charge is 2.16. The SMILES string of the molecule is CCNc1cncc(NCC2CCCN(C)C2)n1. The Hall–Kier alpha value is -1.36. The molecule has 100 valence electrons. The smallest absolute Gasteiger partial charge is 0.146 e. The lowest BCUT2D eigenvalue weighted by Crippen LogP contribution is -2.35. The van der Waals surface area contributed by atoms with Crippen LogP contribution in [0.25, 0.3) is 0 Å². The highest BCUT2D eigenvalue weighted by atomic mass is 15.1. The number of likely N-dealkylation sites (tertiary alicyclic amines) is 1. The maximum atomic E-state index is 4.47. The van der Waals surface area contributed by atoms with E-state index < -0.39 is 0 Å². The van der Waals surface area contributed by atoms with Gasteiger partial charge in [-0.2, -0.15) is 0 Å². The third kappa shape index (κ3) is 3.84. The molecule has 18 heavy (non-hydrogen) atoms. The molecule has 1 aliphatic rings. The summed E-state index contributed by atoms with van der Waals surface area (Å²) in [4.78, 5) is 11.1. The summed E-state index contributed by atoms with van der Waals surface area (Å²) in [5.74, 6) is 2.42. The Morgan fingerprint density at radius 1 is 1.33 bits per heavy atom. The van der Waals surface area contributed by atoms with Gasteiger partial charge in [-0.3, -0.25) is 4.98 Å². The quantitative estimate of drug-likeness (QED) is 0.831. The van der Waals surface area contributed by atoms with E-state index in [0.29, 0.717) is 5.92 Å². The molecule has 2 heterocycles. The second kappa shape index (κ2) is 6.54. The molecule has 0 spiro atoms. The Bertz CT molecular complexity index is 368. The average molecular weight is 249 g/mol. The largest absolute Gasteiger partial charge is 0.369 e. The highest BCUT2D eigenvalue weighted by Crippen LogP contribution is 2.16. The lowest BCUT2D eigenvalue weighted by molar-refractivity contribution is 0.217. The Labute approximate surface area is 109 Å². The Morgan fingerprint density at radius 3 is 2.83 bits per heavy atom. The summed E-state index contributed by atoms with van der Waals surface area (Å²) < 4.78 is 0. The van der Waals surface area contributed by atoms with Crippen molar-refractivity contribution in [3.05, 3.63) is 12.4 Å². The van der Waals surface area contributed by atoms with Gasteiger partial charge in [0.05, 0.1) is 12.4 Å². The molecule has 1 aromatic heterocycles. The lowest BCUT2D eigenvalue weighted by Gasteiger charge is -2.29. The van der Waals surface area contributed by atoms with Crippen molar-refractivity contribution in [3.63, 3.8) is 0 Å². The van der Waals surface area contributed by atoms with Crippen molar-refractivity contribution in [3.8, 4) is 0 Å². The van der Waals surface area contributed by atoms with Gasteiger partial charge in [-0.15, -0.1) is 0 Å². The van der Waals surface area contributed by atoms with Gasteiger partial charge in [-0.05, 0) is 39.3 Å². The molecule has 0 radical (unpaired) electrons. The van der Waals surface area contributed by atoms with Crippen molar-refractivity contribution in [2.45, 2.75) is 19.8 Å². The number of piperidine rings is 1. The minimum Gasteiger partial charge on any atom is -0.369 e. The van der Waals surface area contributed by atoms with E-state index in [1.165, 1.54) is 25.9 Å². The van der Waals surface area contributed by atoms with Crippen LogP contribution in [0.5, 0.6) is 0 Å². The molecule has 1 atom stereocenters. The van der Waals surface area contributed by atoms with Crippen LogP contribution in [0.3, 0.4) is 0 Å². The molecule has 1 fully saturated rings. The van der Waals surface area contributed by atoms with Crippen LogP contribution in [0.2, 0.25) is 0 Å². The third-order valence-electron chi connectivity index (χ3n) is 3.29. The van der Waals surface area contributed by atoms with Gasteiger partial charge in [0.15, 0.2) is 0 Å². The van der Waals surface area contributed by atoms with Crippen molar-refractivity contribution in [1.82, 2.24) is 14.9 Å². The van der Waals surface area contributed by atoms with Crippen LogP contribution in [0.15, 0.2) is 12.4 Å². The van der Waals surface area contributed by atoms with E-state index in [9.17, 15) is 0 Å². The molecule has 1 aliphatic heterocycles. The molecule has 0 bridgehead atoms. The standard InChI is InChI=1S/C13H23N5/c1-3-15-12-8-14-9-13(17-12)16-7-11-5-4-6-18(2)10-11/h8-9,11H,3-7,10H2,1-2H3,(H2,15,16,17). The van der Waals surface area contributed by atoms with Gasteiger partial charge < -0.3 is 15.5 Å². The molecular weight excluding hydrogens is 226 g/mol. The second-order valence-corrected chi connectivity index (χ2v) is 4.97. The van der Waals surface area contributed by atoms with E-state index in [0.717, 1.165) is 24.7 Å². The first-order valence-corrected chi connectivity index (χ1v) is 6.76. The summed E-state index contributed by atoms with van der Waals surface area (Å²) in [5, 5.41) is 6.56. The maximum Gasteiger partial charge on any atom is 0.146 e. The molecule has 1 saturated heterocycles. The highest BCUT2D eigenvalue weighted by molar-refractivity contribution is 5.41. The molecule has 1 unspecified atom stereocenters. The molecule has 2 rings (SSSR count). The van der Waals surface area contributed by atoms with Crippen LogP contribution < -0.4 is 10.6 Å². The lowest BCUT2D eigenvalue weighted by atomic mass is 9.98. The van der Waals surface area contributed by atoms with Gasteiger partial charge in [0.25, 0.3) is 0 Å². The van der Waals surface area contributed by atoms with Crippen LogP contribution in [0.4, 0.5) is 11.6 Å². The summed E-state index contributed by atoms with van der Waals surface area (Å²) in [7, 11) is 2.19. The van der Waals surface area contributed by atoms with Crippen LogP contribution in [0, 0.1) is 5.92 Å². The van der Waals surface area contributed by atoms with E-state index >= 15 is 0 Å². The van der Waals surface area contributed by atoms with Crippen molar-refractivity contribution in [1.29, 1.82) is 0 Å². The van der Waals surface area contributed by atoms with Crippen LogP contribution in [-0.4, -0.2) is 48.1 Å². The predicted molar refractivity (Wildman–Crippen MR) is 74.9 cm³/mol. The fraction of sp³-hybridized carbons (Fsp3) is 0.692. The van der Waals surface area contributed by atoms with E-state index in [-0.39, 0.29) is 0 Å². The van der Waals surface area contributed by atoms with E-state index in [1.54, 1.807) is 12.4 Å². The topological polar surface area (TPSA) is 53.1 Å². The van der Waals surface area contributed by atoms with Gasteiger partial charge in [-0.1, -0.05) is 0 Å². The fourth-order valence-electron chi connectivity index (χ4n) is 2.41. The molecule has 0 aromatic carbocycles. The molecule has 5 heteroatoms. The summed E-state index contributed by atoms with van der Waals surface area (Å²) in [6, 6.07) is 0. The molecule has 0 aliphatic carbocycles.